The van der Waals surface area contributed by atoms with Crippen molar-refractivity contribution < 1.29 is 14.6 Å². The van der Waals surface area contributed by atoms with E-state index in [2.05, 4.69) is 60.5 Å². The van der Waals surface area contributed by atoms with Crippen molar-refractivity contribution in [3.8, 4) is 5.75 Å². The molecule has 3 aromatic rings. The summed E-state index contributed by atoms with van der Waals surface area (Å²) in [5.74, 6) is -0.788. The number of hydrogen-bond donors (Lipinski definition) is 3. The van der Waals surface area contributed by atoms with Crippen molar-refractivity contribution >= 4 is 17.3 Å². The van der Waals surface area contributed by atoms with E-state index in [-0.39, 0.29) is 12.0 Å². The molecule has 196 valence electrons. The van der Waals surface area contributed by atoms with E-state index < -0.39 is 11.9 Å². The van der Waals surface area contributed by atoms with E-state index in [0.29, 0.717) is 5.69 Å². The number of nitrogen functional groups attached to an aromatic ring is 1. The lowest BCUT2D eigenvalue weighted by Crippen LogP contribution is -2.32. The molecule has 0 spiro atoms. The minimum Gasteiger partial charge on any atom is -0.489 e. The Morgan fingerprint density at radius 1 is 1.19 bits per heavy atom. The first-order chi connectivity index (χ1) is 17.7. The van der Waals surface area contributed by atoms with Crippen LogP contribution in [0.5, 0.6) is 5.75 Å². The Labute approximate surface area is 220 Å². The lowest BCUT2D eigenvalue weighted by atomic mass is 9.78. The minimum absolute atomic E-state index is 0.128. The lowest BCUT2D eigenvalue weighted by molar-refractivity contribution is -0.141. The summed E-state index contributed by atoms with van der Waals surface area (Å²) in [7, 11) is 1.84. The molecule has 0 saturated heterocycles. The SMILES string of the molecule is CCC1CN(Cc2cc([C@H](c3ccc(NC)c(N)c3C)C(C)C(=O)O)ccc2C)Cc2ccccc2O1. The molecule has 6 heteroatoms. The maximum atomic E-state index is 12.2. The molecule has 0 radical (unpaired) electrons. The molecule has 3 atom stereocenters. The number of ether oxygens (including phenoxy) is 1. The molecular formula is C31H39N3O3. The summed E-state index contributed by atoms with van der Waals surface area (Å²) >= 11 is 0. The van der Waals surface area contributed by atoms with Crippen molar-refractivity contribution in [3.63, 3.8) is 0 Å². The van der Waals surface area contributed by atoms with Gasteiger partial charge < -0.3 is 20.9 Å². The number of benzene rings is 3. The highest BCUT2D eigenvalue weighted by Crippen LogP contribution is 2.39. The smallest absolute Gasteiger partial charge is 0.307 e. The van der Waals surface area contributed by atoms with Crippen LogP contribution in [0.2, 0.25) is 0 Å². The molecule has 0 fully saturated rings. The van der Waals surface area contributed by atoms with Crippen LogP contribution in [0.15, 0.2) is 54.6 Å². The van der Waals surface area contributed by atoms with Gasteiger partial charge in [-0.3, -0.25) is 9.69 Å². The Morgan fingerprint density at radius 3 is 2.65 bits per heavy atom. The Morgan fingerprint density at radius 2 is 1.95 bits per heavy atom. The van der Waals surface area contributed by atoms with Gasteiger partial charge in [-0.1, -0.05) is 56.3 Å². The van der Waals surface area contributed by atoms with E-state index in [0.717, 1.165) is 54.2 Å². The monoisotopic (exact) mass is 501 g/mol. The lowest BCUT2D eigenvalue weighted by Gasteiger charge is -2.28. The minimum atomic E-state index is -0.824. The number of nitrogens with one attached hydrogen (secondary N) is 1. The molecule has 6 nitrogen and oxygen atoms in total. The summed E-state index contributed by atoms with van der Waals surface area (Å²) in [6.07, 6.45) is 1.06. The maximum absolute atomic E-state index is 12.2. The second kappa shape index (κ2) is 11.3. The topological polar surface area (TPSA) is 87.8 Å². The number of para-hydroxylation sites is 1. The van der Waals surface area contributed by atoms with Crippen LogP contribution in [0, 0.1) is 19.8 Å². The van der Waals surface area contributed by atoms with Crippen LogP contribution in [-0.2, 0) is 17.9 Å². The summed E-state index contributed by atoms with van der Waals surface area (Å²) < 4.78 is 6.30. The van der Waals surface area contributed by atoms with E-state index in [1.165, 1.54) is 16.7 Å². The van der Waals surface area contributed by atoms with Gasteiger partial charge in [0.15, 0.2) is 0 Å². The summed E-state index contributed by atoms with van der Waals surface area (Å²) in [5.41, 5.74) is 14.4. The van der Waals surface area contributed by atoms with Crippen LogP contribution in [0.4, 0.5) is 11.4 Å². The van der Waals surface area contributed by atoms with Gasteiger partial charge in [-0.05, 0) is 60.2 Å². The van der Waals surface area contributed by atoms with E-state index in [9.17, 15) is 9.90 Å². The summed E-state index contributed by atoms with van der Waals surface area (Å²) in [5, 5.41) is 13.2. The molecule has 2 unspecified atom stereocenters. The number of carboxylic acid groups (broad SMARTS) is 1. The zero-order valence-corrected chi connectivity index (χ0v) is 22.5. The van der Waals surface area contributed by atoms with E-state index in [4.69, 9.17) is 10.5 Å². The highest BCUT2D eigenvalue weighted by atomic mass is 16.5. The molecule has 3 aromatic carbocycles. The molecule has 1 heterocycles. The predicted octanol–water partition coefficient (Wildman–Crippen LogP) is 5.95. The third-order valence-corrected chi connectivity index (χ3v) is 7.75. The van der Waals surface area contributed by atoms with Gasteiger partial charge in [0.1, 0.15) is 11.9 Å². The number of carboxylic acids is 1. The van der Waals surface area contributed by atoms with Gasteiger partial charge in [-0.15, -0.1) is 0 Å². The number of nitrogens with two attached hydrogens (primary N) is 1. The van der Waals surface area contributed by atoms with Crippen LogP contribution in [0.1, 0.15) is 59.6 Å². The van der Waals surface area contributed by atoms with Crippen molar-refractivity contribution in [2.24, 2.45) is 5.92 Å². The van der Waals surface area contributed by atoms with Gasteiger partial charge in [0, 0.05) is 38.2 Å². The molecule has 4 rings (SSSR count). The molecule has 0 aliphatic carbocycles. The molecular weight excluding hydrogens is 462 g/mol. The van der Waals surface area contributed by atoms with Gasteiger partial charge >= 0.3 is 5.97 Å². The molecule has 37 heavy (non-hydrogen) atoms. The van der Waals surface area contributed by atoms with E-state index in [1.807, 2.05) is 32.2 Å². The summed E-state index contributed by atoms with van der Waals surface area (Å²) in [4.78, 5) is 14.7. The average molecular weight is 502 g/mol. The van der Waals surface area contributed by atoms with Crippen molar-refractivity contribution in [1.29, 1.82) is 0 Å². The van der Waals surface area contributed by atoms with Gasteiger partial charge in [-0.25, -0.2) is 0 Å². The van der Waals surface area contributed by atoms with Crippen molar-refractivity contribution in [2.75, 3.05) is 24.6 Å². The van der Waals surface area contributed by atoms with Crippen molar-refractivity contribution in [3.05, 3.63) is 88.0 Å². The average Bonchev–Trinajstić information content (AvgIpc) is 3.07. The highest BCUT2D eigenvalue weighted by molar-refractivity contribution is 5.75. The molecule has 4 N–H and O–H groups in total. The second-order valence-electron chi connectivity index (χ2n) is 10.2. The Kier molecular flexibility index (Phi) is 8.08. The molecule has 0 amide bonds. The van der Waals surface area contributed by atoms with Gasteiger partial charge in [0.05, 0.1) is 17.3 Å². The van der Waals surface area contributed by atoms with Crippen LogP contribution in [0.25, 0.3) is 0 Å². The largest absolute Gasteiger partial charge is 0.489 e. The molecule has 0 aromatic heterocycles. The first-order valence-electron chi connectivity index (χ1n) is 13.1. The van der Waals surface area contributed by atoms with Gasteiger partial charge in [0.25, 0.3) is 0 Å². The Balaban J connectivity index is 1.72. The third-order valence-electron chi connectivity index (χ3n) is 7.75. The Hall–Kier alpha value is -3.51. The van der Waals surface area contributed by atoms with Crippen LogP contribution in [0.3, 0.4) is 0 Å². The first kappa shape index (κ1) is 26.6. The molecule has 0 bridgehead atoms. The van der Waals surface area contributed by atoms with Crippen LogP contribution in [-0.4, -0.2) is 35.7 Å². The van der Waals surface area contributed by atoms with Crippen molar-refractivity contribution in [2.45, 2.75) is 59.2 Å². The fourth-order valence-corrected chi connectivity index (χ4v) is 5.37. The van der Waals surface area contributed by atoms with Crippen molar-refractivity contribution in [1.82, 2.24) is 4.90 Å². The fraction of sp³-hybridized carbons (Fsp3) is 0.387. The Bertz CT molecular complexity index is 1270. The van der Waals surface area contributed by atoms with Gasteiger partial charge in [-0.2, -0.15) is 0 Å². The number of aliphatic carboxylic acids is 1. The highest BCUT2D eigenvalue weighted by Gasteiger charge is 2.30. The summed E-state index contributed by atoms with van der Waals surface area (Å²) in [6.45, 7) is 10.5. The normalized spacial score (nSPS) is 17.3. The van der Waals surface area contributed by atoms with E-state index >= 15 is 0 Å². The summed E-state index contributed by atoms with van der Waals surface area (Å²) in [6, 6.07) is 18.6. The first-order valence-corrected chi connectivity index (χ1v) is 13.1. The molecule has 1 aliphatic rings. The number of hydrogen-bond acceptors (Lipinski definition) is 5. The van der Waals surface area contributed by atoms with Crippen LogP contribution >= 0.6 is 0 Å². The fourth-order valence-electron chi connectivity index (χ4n) is 5.37. The van der Waals surface area contributed by atoms with Crippen LogP contribution < -0.4 is 15.8 Å². The number of anilines is 2. The molecule has 0 saturated carbocycles. The van der Waals surface area contributed by atoms with Gasteiger partial charge in [0.2, 0.25) is 0 Å². The zero-order valence-electron chi connectivity index (χ0n) is 22.5. The number of rotatable bonds is 8. The number of aryl methyl sites for hydroxylation is 1. The standard InChI is InChI=1S/C31H39N3O3/c1-6-25-18-34(16-23-9-7-8-10-28(23)37-25)17-24-15-22(12-11-19(24)2)29(21(4)31(35)36)26-13-14-27(33-5)30(32)20(26)3/h7-15,21,25,29,33H,6,16-18,32H2,1-5H3,(H,35,36)/t21?,25?,29-/m1/s1. The zero-order chi connectivity index (χ0) is 26.7. The maximum Gasteiger partial charge on any atom is 0.307 e. The number of carbonyl (C=O) groups is 1. The number of fused-ring (bicyclic) bond motifs is 1. The number of nitrogens with zero attached hydrogens (tertiary/aromatic N) is 1. The third kappa shape index (κ3) is 5.59. The quantitative estimate of drug-likeness (QED) is 0.331. The second-order valence-corrected chi connectivity index (χ2v) is 10.2. The predicted molar refractivity (Wildman–Crippen MR) is 150 cm³/mol. The molecule has 1 aliphatic heterocycles. The van der Waals surface area contributed by atoms with E-state index in [1.54, 1.807) is 6.92 Å².